The number of rotatable bonds is 2. The summed E-state index contributed by atoms with van der Waals surface area (Å²) < 4.78 is 0. The number of carbonyl (C=O) groups excluding carboxylic acids is 1. The van der Waals surface area contributed by atoms with Crippen molar-refractivity contribution in [3.63, 3.8) is 0 Å². The van der Waals surface area contributed by atoms with Gasteiger partial charge in [0.15, 0.2) is 0 Å². The molecule has 3 heteroatoms. The average Bonchev–Trinajstić information content (AvgIpc) is 2.49. The highest BCUT2D eigenvalue weighted by Crippen LogP contribution is 2.31. The van der Waals surface area contributed by atoms with Gasteiger partial charge in [0.2, 0.25) is 5.91 Å². The summed E-state index contributed by atoms with van der Waals surface area (Å²) >= 11 is 0. The Morgan fingerprint density at radius 3 is 2.50 bits per heavy atom. The largest absolute Gasteiger partial charge is 0.507 e. The smallest absolute Gasteiger partial charge is 0.227 e. The van der Waals surface area contributed by atoms with Gasteiger partial charge in [0, 0.05) is 22.4 Å². The SMILES string of the molecule is O=C(Nc1cccc2c(O)cccc12)C1CCCCC1. The molecular weight excluding hydrogens is 250 g/mol. The maximum Gasteiger partial charge on any atom is 0.227 e. The first-order valence-corrected chi connectivity index (χ1v) is 7.27. The predicted molar refractivity (Wildman–Crippen MR) is 80.8 cm³/mol. The lowest BCUT2D eigenvalue weighted by atomic mass is 9.88. The van der Waals surface area contributed by atoms with Crippen LogP contribution >= 0.6 is 0 Å². The van der Waals surface area contributed by atoms with Gasteiger partial charge >= 0.3 is 0 Å². The molecule has 1 aliphatic rings. The average molecular weight is 269 g/mol. The quantitative estimate of drug-likeness (QED) is 0.863. The number of aromatic hydroxyl groups is 1. The van der Waals surface area contributed by atoms with Crippen molar-refractivity contribution in [1.29, 1.82) is 0 Å². The van der Waals surface area contributed by atoms with Crippen LogP contribution in [0.1, 0.15) is 32.1 Å². The Morgan fingerprint density at radius 2 is 1.70 bits per heavy atom. The van der Waals surface area contributed by atoms with Gasteiger partial charge in [-0.1, -0.05) is 43.5 Å². The van der Waals surface area contributed by atoms with Crippen LogP contribution in [0.3, 0.4) is 0 Å². The number of phenolic OH excluding ortho intramolecular Hbond substituents is 1. The molecule has 0 spiro atoms. The van der Waals surface area contributed by atoms with E-state index < -0.39 is 0 Å². The number of nitrogens with one attached hydrogen (secondary N) is 1. The highest BCUT2D eigenvalue weighted by atomic mass is 16.3. The highest BCUT2D eigenvalue weighted by Gasteiger charge is 2.21. The molecule has 0 bridgehead atoms. The molecule has 0 saturated heterocycles. The number of hydrogen-bond donors (Lipinski definition) is 2. The summed E-state index contributed by atoms with van der Waals surface area (Å²) in [6.07, 6.45) is 5.51. The molecule has 0 aliphatic heterocycles. The normalized spacial score (nSPS) is 16.2. The molecule has 0 atom stereocenters. The van der Waals surface area contributed by atoms with Gasteiger partial charge in [-0.25, -0.2) is 0 Å². The van der Waals surface area contributed by atoms with Crippen molar-refractivity contribution in [1.82, 2.24) is 0 Å². The van der Waals surface area contributed by atoms with E-state index in [1.54, 1.807) is 12.1 Å². The summed E-state index contributed by atoms with van der Waals surface area (Å²) in [7, 11) is 0. The van der Waals surface area contributed by atoms with Gasteiger partial charge in [0.25, 0.3) is 0 Å². The van der Waals surface area contributed by atoms with E-state index in [4.69, 9.17) is 0 Å². The minimum Gasteiger partial charge on any atom is -0.507 e. The molecule has 1 fully saturated rings. The van der Waals surface area contributed by atoms with Gasteiger partial charge in [-0.3, -0.25) is 4.79 Å². The number of carbonyl (C=O) groups is 1. The van der Waals surface area contributed by atoms with Crippen LogP contribution in [0.25, 0.3) is 10.8 Å². The minimum atomic E-state index is 0.112. The van der Waals surface area contributed by atoms with Gasteiger partial charge in [-0.05, 0) is 25.0 Å². The Labute approximate surface area is 118 Å². The monoisotopic (exact) mass is 269 g/mol. The van der Waals surface area contributed by atoms with E-state index >= 15 is 0 Å². The Kier molecular flexibility index (Phi) is 3.59. The van der Waals surface area contributed by atoms with Crippen LogP contribution in [-0.2, 0) is 4.79 Å². The van der Waals surface area contributed by atoms with Crippen molar-refractivity contribution < 1.29 is 9.90 Å². The van der Waals surface area contributed by atoms with Crippen LogP contribution in [0.4, 0.5) is 5.69 Å². The minimum absolute atomic E-state index is 0.112. The van der Waals surface area contributed by atoms with E-state index in [0.717, 1.165) is 42.1 Å². The summed E-state index contributed by atoms with van der Waals surface area (Å²) in [6.45, 7) is 0. The van der Waals surface area contributed by atoms with Gasteiger partial charge in [0.05, 0.1) is 0 Å². The Morgan fingerprint density at radius 1 is 1.00 bits per heavy atom. The summed E-state index contributed by atoms with van der Waals surface area (Å²) in [5.74, 6) is 0.494. The molecule has 1 aliphatic carbocycles. The number of amides is 1. The molecular formula is C17H19NO2. The van der Waals surface area contributed by atoms with Gasteiger partial charge in [0.1, 0.15) is 5.75 Å². The lowest BCUT2D eigenvalue weighted by molar-refractivity contribution is -0.120. The fourth-order valence-corrected chi connectivity index (χ4v) is 3.00. The molecule has 104 valence electrons. The molecule has 2 N–H and O–H groups in total. The summed E-state index contributed by atoms with van der Waals surface area (Å²) in [5.41, 5.74) is 0.786. The summed E-state index contributed by atoms with van der Waals surface area (Å²) in [4.78, 5) is 12.3. The molecule has 0 heterocycles. The molecule has 2 aromatic carbocycles. The standard InChI is InChI=1S/C17H19NO2/c19-16-11-5-8-13-14(16)9-4-10-15(13)18-17(20)12-6-2-1-3-7-12/h4-5,8-12,19H,1-3,6-7H2,(H,18,20). The molecule has 0 aromatic heterocycles. The predicted octanol–water partition coefficient (Wildman–Crippen LogP) is 4.06. The zero-order valence-corrected chi connectivity index (χ0v) is 11.4. The lowest BCUT2D eigenvalue weighted by Gasteiger charge is -2.21. The number of fused-ring (bicyclic) bond motifs is 1. The van der Waals surface area contributed by atoms with Crippen molar-refractivity contribution in [2.45, 2.75) is 32.1 Å². The molecule has 1 saturated carbocycles. The third-order valence-corrected chi connectivity index (χ3v) is 4.13. The molecule has 3 nitrogen and oxygen atoms in total. The van der Waals surface area contributed by atoms with Crippen LogP contribution < -0.4 is 5.32 Å². The maximum absolute atomic E-state index is 12.3. The Bertz CT molecular complexity index is 630. The lowest BCUT2D eigenvalue weighted by Crippen LogP contribution is -2.24. The molecule has 1 amide bonds. The number of benzene rings is 2. The maximum atomic E-state index is 12.3. The number of phenols is 1. The van der Waals surface area contributed by atoms with Crippen molar-refractivity contribution >= 4 is 22.4 Å². The van der Waals surface area contributed by atoms with Crippen LogP contribution in [0.5, 0.6) is 5.75 Å². The topological polar surface area (TPSA) is 49.3 Å². The number of hydrogen-bond acceptors (Lipinski definition) is 2. The van der Waals surface area contributed by atoms with E-state index in [2.05, 4.69) is 5.32 Å². The first kappa shape index (κ1) is 13.0. The van der Waals surface area contributed by atoms with Crippen LogP contribution in [0, 0.1) is 5.92 Å². The second kappa shape index (κ2) is 5.53. The van der Waals surface area contributed by atoms with E-state index in [1.165, 1.54) is 6.42 Å². The zero-order valence-electron chi connectivity index (χ0n) is 11.4. The van der Waals surface area contributed by atoms with Crippen molar-refractivity contribution in [3.8, 4) is 5.75 Å². The molecule has 2 aromatic rings. The summed E-state index contributed by atoms with van der Waals surface area (Å²) in [6, 6.07) is 11.0. The molecule has 0 unspecified atom stereocenters. The second-order valence-electron chi connectivity index (χ2n) is 5.50. The first-order chi connectivity index (χ1) is 9.75. The van der Waals surface area contributed by atoms with Crippen LogP contribution in [0.2, 0.25) is 0 Å². The van der Waals surface area contributed by atoms with Gasteiger partial charge < -0.3 is 10.4 Å². The molecule has 3 rings (SSSR count). The summed E-state index contributed by atoms with van der Waals surface area (Å²) in [5, 5.41) is 14.6. The van der Waals surface area contributed by atoms with Crippen molar-refractivity contribution in [3.05, 3.63) is 36.4 Å². The third-order valence-electron chi connectivity index (χ3n) is 4.13. The van der Waals surface area contributed by atoms with Crippen molar-refractivity contribution in [2.24, 2.45) is 5.92 Å². The van der Waals surface area contributed by atoms with Crippen LogP contribution in [0.15, 0.2) is 36.4 Å². The van der Waals surface area contributed by atoms with Crippen LogP contribution in [-0.4, -0.2) is 11.0 Å². The van der Waals surface area contributed by atoms with Gasteiger partial charge in [-0.15, -0.1) is 0 Å². The molecule has 20 heavy (non-hydrogen) atoms. The Hall–Kier alpha value is -2.03. The van der Waals surface area contributed by atoms with Gasteiger partial charge in [-0.2, -0.15) is 0 Å². The number of anilines is 1. The second-order valence-corrected chi connectivity index (χ2v) is 5.50. The van der Waals surface area contributed by atoms with E-state index in [-0.39, 0.29) is 17.6 Å². The molecule has 0 radical (unpaired) electrons. The first-order valence-electron chi connectivity index (χ1n) is 7.27. The highest BCUT2D eigenvalue weighted by molar-refractivity contribution is 6.04. The van der Waals surface area contributed by atoms with Crippen molar-refractivity contribution in [2.75, 3.05) is 5.32 Å². The van der Waals surface area contributed by atoms with E-state index in [9.17, 15) is 9.90 Å². The Balaban J connectivity index is 1.87. The zero-order chi connectivity index (χ0) is 13.9. The fraction of sp³-hybridized carbons (Fsp3) is 0.353. The van der Waals surface area contributed by atoms with E-state index in [1.807, 2.05) is 24.3 Å². The fourth-order valence-electron chi connectivity index (χ4n) is 3.00. The van der Waals surface area contributed by atoms with E-state index in [0.29, 0.717) is 0 Å². The third kappa shape index (κ3) is 2.48.